The first kappa shape index (κ1) is 21.1. The number of carbonyl (C=O) groups excluding carboxylic acids is 1. The van der Waals surface area contributed by atoms with Gasteiger partial charge in [-0.1, -0.05) is 26.7 Å². The second-order valence-electron chi connectivity index (χ2n) is 7.99. The minimum Gasteiger partial charge on any atom is -0.372 e. The third-order valence-electron chi connectivity index (χ3n) is 5.42. The van der Waals surface area contributed by atoms with E-state index in [4.69, 9.17) is 0 Å². The molecule has 1 aliphatic rings. The fourth-order valence-corrected chi connectivity index (χ4v) is 3.59. The van der Waals surface area contributed by atoms with Crippen LogP contribution in [-0.4, -0.2) is 35.5 Å². The molecular weight excluding hydrogens is 362 g/mol. The Bertz CT molecular complexity index is 797. The van der Waals surface area contributed by atoms with E-state index in [1.165, 1.54) is 18.5 Å². The van der Waals surface area contributed by atoms with Gasteiger partial charge in [0.15, 0.2) is 0 Å². The van der Waals surface area contributed by atoms with Crippen molar-refractivity contribution in [2.24, 2.45) is 5.92 Å². The van der Waals surface area contributed by atoms with Crippen molar-refractivity contribution >= 4 is 23.1 Å². The minimum atomic E-state index is -0.149. The summed E-state index contributed by atoms with van der Waals surface area (Å²) in [5.41, 5.74) is 2.61. The third kappa shape index (κ3) is 6.17. The molecular formula is C23H33N5O. The van der Waals surface area contributed by atoms with Crippen LogP contribution in [0.15, 0.2) is 30.3 Å². The van der Waals surface area contributed by atoms with E-state index in [1.807, 2.05) is 0 Å². The normalized spacial score (nSPS) is 14.7. The summed E-state index contributed by atoms with van der Waals surface area (Å²) in [6.45, 7) is 9.20. The number of carbonyl (C=O) groups is 1. The topological polar surface area (TPSA) is 70.2 Å². The Kier molecular flexibility index (Phi) is 7.44. The van der Waals surface area contributed by atoms with Crippen LogP contribution in [0.4, 0.5) is 17.2 Å². The molecule has 0 spiro atoms. The van der Waals surface area contributed by atoms with E-state index >= 15 is 0 Å². The molecule has 1 aliphatic heterocycles. The Morgan fingerprint density at radius 1 is 1.14 bits per heavy atom. The van der Waals surface area contributed by atoms with Crippen molar-refractivity contribution in [3.8, 4) is 0 Å². The first-order valence-electron chi connectivity index (χ1n) is 10.8. The number of hydrogen-bond donors (Lipinski definition) is 2. The molecule has 0 atom stereocenters. The summed E-state index contributed by atoms with van der Waals surface area (Å²) in [7, 11) is 0. The van der Waals surface area contributed by atoms with Crippen LogP contribution in [0.2, 0.25) is 0 Å². The highest BCUT2D eigenvalue weighted by Gasteiger charge is 2.16. The van der Waals surface area contributed by atoms with Crippen molar-refractivity contribution in [1.29, 1.82) is 0 Å². The number of hydrogen-bond acceptors (Lipinski definition) is 5. The Morgan fingerprint density at radius 3 is 2.55 bits per heavy atom. The zero-order valence-electron chi connectivity index (χ0n) is 17.9. The van der Waals surface area contributed by atoms with E-state index in [9.17, 15) is 4.79 Å². The van der Waals surface area contributed by atoms with Crippen LogP contribution >= 0.6 is 0 Å². The summed E-state index contributed by atoms with van der Waals surface area (Å²) in [5, 5.41) is 6.24. The fourth-order valence-electron chi connectivity index (χ4n) is 3.59. The molecule has 0 unspecified atom stereocenters. The Labute approximate surface area is 174 Å². The van der Waals surface area contributed by atoms with Gasteiger partial charge in [0.05, 0.1) is 0 Å². The van der Waals surface area contributed by atoms with Crippen LogP contribution in [0, 0.1) is 12.8 Å². The molecule has 0 radical (unpaired) electrons. The van der Waals surface area contributed by atoms with Crippen LogP contribution in [0.25, 0.3) is 0 Å². The molecule has 0 saturated carbocycles. The first-order chi connectivity index (χ1) is 14.0. The third-order valence-corrected chi connectivity index (χ3v) is 5.42. The van der Waals surface area contributed by atoms with Crippen LogP contribution in [-0.2, 0) is 0 Å². The first-order valence-corrected chi connectivity index (χ1v) is 10.8. The molecule has 6 heteroatoms. The van der Waals surface area contributed by atoms with Gasteiger partial charge in [-0.05, 0) is 56.4 Å². The number of nitrogens with one attached hydrogen (secondary N) is 2. The lowest BCUT2D eigenvalue weighted by molar-refractivity contribution is 0.0947. The van der Waals surface area contributed by atoms with Gasteiger partial charge in [-0.3, -0.25) is 4.79 Å². The number of anilines is 3. The lowest BCUT2D eigenvalue weighted by Crippen LogP contribution is -2.32. The molecule has 2 aromatic rings. The van der Waals surface area contributed by atoms with E-state index < -0.39 is 0 Å². The zero-order valence-corrected chi connectivity index (χ0v) is 17.9. The number of aromatic nitrogens is 2. The van der Waals surface area contributed by atoms with Crippen molar-refractivity contribution in [2.75, 3.05) is 29.9 Å². The molecule has 1 saturated heterocycles. The van der Waals surface area contributed by atoms with Crippen LogP contribution in [0.5, 0.6) is 0 Å². The van der Waals surface area contributed by atoms with Crippen LogP contribution in [0.1, 0.15) is 62.3 Å². The summed E-state index contributed by atoms with van der Waals surface area (Å²) >= 11 is 0. The van der Waals surface area contributed by atoms with Crippen molar-refractivity contribution in [1.82, 2.24) is 15.3 Å². The molecule has 1 aromatic carbocycles. The minimum absolute atomic E-state index is 0.149. The van der Waals surface area contributed by atoms with Crippen molar-refractivity contribution in [3.05, 3.63) is 41.9 Å². The fraction of sp³-hybridized carbons (Fsp3) is 0.522. The number of piperidine rings is 1. The van der Waals surface area contributed by atoms with Gasteiger partial charge >= 0.3 is 0 Å². The highest BCUT2D eigenvalue weighted by molar-refractivity contribution is 5.93. The summed E-state index contributed by atoms with van der Waals surface area (Å²) in [4.78, 5) is 23.5. The zero-order chi connectivity index (χ0) is 20.6. The molecule has 0 aliphatic carbocycles. The van der Waals surface area contributed by atoms with Gasteiger partial charge in [-0.25, -0.2) is 9.97 Å². The lowest BCUT2D eigenvalue weighted by Gasteiger charge is -2.32. The maximum atomic E-state index is 12.4. The summed E-state index contributed by atoms with van der Waals surface area (Å²) in [5.74, 6) is 1.89. The number of nitrogens with zero attached hydrogens (tertiary/aromatic N) is 3. The van der Waals surface area contributed by atoms with Gasteiger partial charge < -0.3 is 15.5 Å². The predicted octanol–water partition coefficient (Wildman–Crippen LogP) is 4.68. The molecule has 6 nitrogen and oxygen atoms in total. The average molecular weight is 396 g/mol. The average Bonchev–Trinajstić information content (AvgIpc) is 2.72. The highest BCUT2D eigenvalue weighted by Crippen LogP contribution is 2.25. The number of amides is 1. The number of rotatable bonds is 8. The van der Waals surface area contributed by atoms with Crippen molar-refractivity contribution < 1.29 is 4.79 Å². The van der Waals surface area contributed by atoms with Crippen molar-refractivity contribution in [2.45, 2.75) is 52.9 Å². The lowest BCUT2D eigenvalue weighted by atomic mass is 9.99. The molecule has 1 fully saturated rings. The molecule has 1 amide bonds. The van der Waals surface area contributed by atoms with E-state index in [-0.39, 0.29) is 5.91 Å². The van der Waals surface area contributed by atoms with Gasteiger partial charge in [0.25, 0.3) is 5.91 Å². The maximum absolute atomic E-state index is 12.4. The van der Waals surface area contributed by atoms with E-state index in [1.54, 1.807) is 13.0 Å². The molecule has 3 rings (SSSR count). The number of benzene rings is 1. The molecule has 29 heavy (non-hydrogen) atoms. The molecule has 156 valence electrons. The number of aryl methyl sites for hydroxylation is 1. The molecule has 2 heterocycles. The molecule has 1 aromatic heterocycles. The Balaban J connectivity index is 1.62. The molecule has 2 N–H and O–H groups in total. The second-order valence-corrected chi connectivity index (χ2v) is 7.99. The maximum Gasteiger partial charge on any atom is 0.270 e. The van der Waals surface area contributed by atoms with Crippen molar-refractivity contribution in [3.63, 3.8) is 0 Å². The Morgan fingerprint density at radius 2 is 1.86 bits per heavy atom. The summed E-state index contributed by atoms with van der Waals surface area (Å²) in [6, 6.07) is 10.1. The Hall–Kier alpha value is -2.63. The highest BCUT2D eigenvalue weighted by atomic mass is 16.1. The second kappa shape index (κ2) is 10.2. The smallest absolute Gasteiger partial charge is 0.270 e. The van der Waals surface area contributed by atoms with Gasteiger partial charge in [0.1, 0.15) is 17.3 Å². The van der Waals surface area contributed by atoms with E-state index in [0.29, 0.717) is 23.9 Å². The summed E-state index contributed by atoms with van der Waals surface area (Å²) < 4.78 is 0. The number of unbranched alkanes of at least 4 members (excludes halogenated alkanes) is 2. The quantitative estimate of drug-likeness (QED) is 0.635. The molecule has 0 bridgehead atoms. The predicted molar refractivity (Wildman–Crippen MR) is 119 cm³/mol. The standard InChI is InChI=1S/C23H33N5O/c1-4-5-6-13-24-23(29)21-16-22(26-18(3)25-21)27-19-7-9-20(10-8-19)28-14-11-17(2)12-15-28/h7-10,16-17H,4-6,11-15H2,1-3H3,(H,24,29)(H,25,26,27). The SMILES string of the molecule is CCCCCNC(=O)c1cc(Nc2ccc(N3CCC(C)CC3)cc2)nc(C)n1. The van der Waals surface area contributed by atoms with Gasteiger partial charge in [-0.15, -0.1) is 0 Å². The van der Waals surface area contributed by atoms with Gasteiger partial charge in [-0.2, -0.15) is 0 Å². The van der Waals surface area contributed by atoms with Gasteiger partial charge in [0, 0.05) is 37.1 Å². The monoisotopic (exact) mass is 395 g/mol. The van der Waals surface area contributed by atoms with Crippen LogP contribution in [0.3, 0.4) is 0 Å². The summed E-state index contributed by atoms with van der Waals surface area (Å²) in [6.07, 6.45) is 5.74. The van der Waals surface area contributed by atoms with Gasteiger partial charge in [0.2, 0.25) is 0 Å². The van der Waals surface area contributed by atoms with E-state index in [0.717, 1.165) is 44.0 Å². The largest absolute Gasteiger partial charge is 0.372 e. The van der Waals surface area contributed by atoms with Crippen LogP contribution < -0.4 is 15.5 Å². The van der Waals surface area contributed by atoms with E-state index in [2.05, 4.69) is 63.6 Å².